The van der Waals surface area contributed by atoms with Crippen LogP contribution in [0.2, 0.25) is 0 Å². The molecule has 0 aromatic heterocycles. The van der Waals surface area contributed by atoms with E-state index in [1.54, 1.807) is 48.5 Å². The van der Waals surface area contributed by atoms with Gasteiger partial charge in [-0.25, -0.2) is 0 Å². The molecule has 0 heterocycles. The number of ether oxygens (including phenoxy) is 1. The van der Waals surface area contributed by atoms with Gasteiger partial charge in [0.15, 0.2) is 0 Å². The van der Waals surface area contributed by atoms with E-state index < -0.39 is 0 Å². The van der Waals surface area contributed by atoms with Crippen molar-refractivity contribution in [2.45, 2.75) is 59.8 Å². The van der Waals surface area contributed by atoms with Crippen molar-refractivity contribution in [1.29, 1.82) is 0 Å². The zero-order chi connectivity index (χ0) is 22.4. The van der Waals surface area contributed by atoms with E-state index in [1.807, 2.05) is 13.8 Å². The molecule has 0 aliphatic heterocycles. The van der Waals surface area contributed by atoms with E-state index in [0.717, 1.165) is 0 Å². The maximum Gasteiger partial charge on any atom is 0.127 e. The SMILES string of the molecule is CC.CCCCc1ccc(C(C)C)cc1.Oc1ccc(Oc2ccc(O)cc2)cc1. The molecular weight excluding hydrogens is 372 g/mol. The van der Waals surface area contributed by atoms with Gasteiger partial charge in [0.2, 0.25) is 0 Å². The number of hydrogen-bond acceptors (Lipinski definition) is 3. The number of phenols is 2. The van der Waals surface area contributed by atoms with Crippen molar-refractivity contribution in [3.8, 4) is 23.0 Å². The van der Waals surface area contributed by atoms with Crippen LogP contribution in [0.4, 0.5) is 0 Å². The van der Waals surface area contributed by atoms with E-state index in [4.69, 9.17) is 14.9 Å². The average Bonchev–Trinajstić information content (AvgIpc) is 2.77. The topological polar surface area (TPSA) is 49.7 Å². The van der Waals surface area contributed by atoms with Gasteiger partial charge in [0.05, 0.1) is 0 Å². The fraction of sp³-hybridized carbons (Fsp3) is 0.333. The summed E-state index contributed by atoms with van der Waals surface area (Å²) >= 11 is 0. The first-order valence-electron chi connectivity index (χ1n) is 10.8. The van der Waals surface area contributed by atoms with Crippen LogP contribution in [0.25, 0.3) is 0 Å². The summed E-state index contributed by atoms with van der Waals surface area (Å²) in [6.45, 7) is 10.7. The number of hydrogen-bond donors (Lipinski definition) is 2. The number of aromatic hydroxyl groups is 2. The number of phenolic OH excluding ortho intramolecular Hbond substituents is 2. The summed E-state index contributed by atoms with van der Waals surface area (Å²) in [5.74, 6) is 2.33. The molecule has 30 heavy (non-hydrogen) atoms. The lowest BCUT2D eigenvalue weighted by Crippen LogP contribution is -1.89. The van der Waals surface area contributed by atoms with Crippen molar-refractivity contribution in [1.82, 2.24) is 0 Å². The zero-order valence-corrected chi connectivity index (χ0v) is 18.9. The fourth-order valence-electron chi connectivity index (χ4n) is 2.61. The Bertz CT molecular complexity index is 761. The smallest absolute Gasteiger partial charge is 0.127 e. The molecule has 2 N–H and O–H groups in total. The number of aryl methyl sites for hydroxylation is 1. The third-order valence-corrected chi connectivity index (χ3v) is 4.37. The van der Waals surface area contributed by atoms with Crippen molar-refractivity contribution in [3.63, 3.8) is 0 Å². The molecule has 0 spiro atoms. The van der Waals surface area contributed by atoms with Crippen molar-refractivity contribution in [3.05, 3.63) is 83.9 Å². The van der Waals surface area contributed by atoms with Crippen molar-refractivity contribution < 1.29 is 14.9 Å². The van der Waals surface area contributed by atoms with E-state index in [2.05, 4.69) is 45.0 Å². The molecule has 3 aromatic rings. The first-order valence-corrected chi connectivity index (χ1v) is 10.8. The van der Waals surface area contributed by atoms with Crippen molar-refractivity contribution >= 4 is 0 Å². The molecular formula is C27H36O3. The lowest BCUT2D eigenvalue weighted by Gasteiger charge is -2.06. The second-order valence-corrected chi connectivity index (χ2v) is 7.09. The van der Waals surface area contributed by atoms with Gasteiger partial charge in [-0.15, -0.1) is 0 Å². The van der Waals surface area contributed by atoms with Gasteiger partial charge in [-0.05, 0) is 78.4 Å². The molecule has 0 saturated heterocycles. The largest absolute Gasteiger partial charge is 0.508 e. The van der Waals surface area contributed by atoms with Crippen LogP contribution in [0.15, 0.2) is 72.8 Å². The van der Waals surface area contributed by atoms with Crippen LogP contribution in [0.5, 0.6) is 23.0 Å². The first-order chi connectivity index (χ1) is 14.5. The summed E-state index contributed by atoms with van der Waals surface area (Å²) in [5, 5.41) is 18.1. The molecule has 3 heteroatoms. The summed E-state index contributed by atoms with van der Waals surface area (Å²) < 4.78 is 5.47. The van der Waals surface area contributed by atoms with Crippen LogP contribution in [-0.4, -0.2) is 10.2 Å². The minimum atomic E-state index is 0.202. The predicted octanol–water partition coefficient (Wildman–Crippen LogP) is 8.07. The van der Waals surface area contributed by atoms with Crippen LogP contribution < -0.4 is 4.74 Å². The molecule has 0 radical (unpaired) electrons. The lowest BCUT2D eigenvalue weighted by molar-refractivity contribution is 0.459. The van der Waals surface area contributed by atoms with Gasteiger partial charge < -0.3 is 14.9 Å². The quantitative estimate of drug-likeness (QED) is 0.433. The van der Waals surface area contributed by atoms with Crippen molar-refractivity contribution in [2.75, 3.05) is 0 Å². The Kier molecular flexibility index (Phi) is 11.8. The summed E-state index contributed by atoms with van der Waals surface area (Å²) in [6.07, 6.45) is 3.82. The average molecular weight is 409 g/mol. The fourth-order valence-corrected chi connectivity index (χ4v) is 2.61. The molecule has 0 amide bonds. The molecule has 3 rings (SSSR count). The first kappa shape index (κ1) is 25.1. The predicted molar refractivity (Wildman–Crippen MR) is 127 cm³/mol. The minimum Gasteiger partial charge on any atom is -0.508 e. The molecule has 0 aliphatic carbocycles. The maximum absolute atomic E-state index is 9.07. The Labute approximate surface area is 182 Å². The zero-order valence-electron chi connectivity index (χ0n) is 18.9. The molecule has 0 unspecified atom stereocenters. The van der Waals surface area contributed by atoms with Crippen LogP contribution in [0.3, 0.4) is 0 Å². The molecule has 0 bridgehead atoms. The Balaban J connectivity index is 0.000000280. The van der Waals surface area contributed by atoms with E-state index in [-0.39, 0.29) is 11.5 Å². The Morgan fingerprint density at radius 1 is 0.700 bits per heavy atom. The minimum absolute atomic E-state index is 0.202. The highest BCUT2D eigenvalue weighted by Crippen LogP contribution is 2.24. The Morgan fingerprint density at radius 2 is 1.13 bits per heavy atom. The van der Waals surface area contributed by atoms with Crippen LogP contribution in [0, 0.1) is 0 Å². The lowest BCUT2D eigenvalue weighted by atomic mass is 10.00. The number of rotatable bonds is 6. The standard InChI is InChI=1S/C13H20.C12H10O3.C2H6/c1-4-5-6-12-7-9-13(10-8-12)11(2)3;13-9-1-5-11(6-2-9)15-12-7-3-10(14)4-8-12;1-2/h7-11H,4-6H2,1-3H3;1-8,13-14H;1-2H3. The molecule has 3 aromatic carbocycles. The number of benzene rings is 3. The molecule has 3 nitrogen and oxygen atoms in total. The second-order valence-electron chi connectivity index (χ2n) is 7.09. The third kappa shape index (κ3) is 9.51. The van der Waals surface area contributed by atoms with E-state index >= 15 is 0 Å². The Hall–Kier alpha value is -2.94. The summed E-state index contributed by atoms with van der Waals surface area (Å²) in [5.41, 5.74) is 2.92. The molecule has 0 atom stereocenters. The van der Waals surface area contributed by atoms with Gasteiger partial charge >= 0.3 is 0 Å². The van der Waals surface area contributed by atoms with Gasteiger partial charge in [-0.1, -0.05) is 65.3 Å². The van der Waals surface area contributed by atoms with E-state index in [1.165, 1.54) is 30.4 Å². The van der Waals surface area contributed by atoms with Crippen LogP contribution in [-0.2, 0) is 6.42 Å². The third-order valence-electron chi connectivity index (χ3n) is 4.37. The Morgan fingerprint density at radius 3 is 1.50 bits per heavy atom. The van der Waals surface area contributed by atoms with Crippen LogP contribution >= 0.6 is 0 Å². The van der Waals surface area contributed by atoms with Gasteiger partial charge in [-0.2, -0.15) is 0 Å². The molecule has 162 valence electrons. The van der Waals surface area contributed by atoms with Crippen LogP contribution in [0.1, 0.15) is 64.5 Å². The monoisotopic (exact) mass is 408 g/mol. The highest BCUT2D eigenvalue weighted by molar-refractivity contribution is 5.36. The second kappa shape index (κ2) is 14.1. The highest BCUT2D eigenvalue weighted by Gasteiger charge is 1.98. The van der Waals surface area contributed by atoms with Crippen molar-refractivity contribution in [2.24, 2.45) is 0 Å². The van der Waals surface area contributed by atoms with E-state index in [9.17, 15) is 0 Å². The molecule has 0 aliphatic rings. The highest BCUT2D eigenvalue weighted by atomic mass is 16.5. The molecule has 0 fully saturated rings. The van der Waals surface area contributed by atoms with Gasteiger partial charge in [0.25, 0.3) is 0 Å². The van der Waals surface area contributed by atoms with Gasteiger partial charge in [0.1, 0.15) is 23.0 Å². The maximum atomic E-state index is 9.07. The summed E-state index contributed by atoms with van der Waals surface area (Å²) in [6, 6.07) is 21.9. The van der Waals surface area contributed by atoms with Gasteiger partial charge in [-0.3, -0.25) is 0 Å². The van der Waals surface area contributed by atoms with E-state index in [0.29, 0.717) is 17.4 Å². The summed E-state index contributed by atoms with van der Waals surface area (Å²) in [7, 11) is 0. The van der Waals surface area contributed by atoms with Gasteiger partial charge in [0, 0.05) is 0 Å². The normalized spacial score (nSPS) is 9.80. The molecule has 0 saturated carbocycles. The summed E-state index contributed by atoms with van der Waals surface area (Å²) in [4.78, 5) is 0. The number of unbranched alkanes of at least 4 members (excludes halogenated alkanes) is 1.